The Labute approximate surface area is 127 Å². The Kier molecular flexibility index (Phi) is 6.61. The molecule has 1 saturated heterocycles. The van der Waals surface area contributed by atoms with Gasteiger partial charge in [-0.05, 0) is 25.7 Å². The van der Waals surface area contributed by atoms with Gasteiger partial charge in [0.05, 0.1) is 26.7 Å². The van der Waals surface area contributed by atoms with Crippen molar-refractivity contribution in [2.24, 2.45) is 11.8 Å². The fourth-order valence-electron chi connectivity index (χ4n) is 4.39. The van der Waals surface area contributed by atoms with E-state index in [1.54, 1.807) is 0 Å². The predicted molar refractivity (Wildman–Crippen MR) is 88.7 cm³/mol. The molecule has 2 unspecified atom stereocenters. The van der Waals surface area contributed by atoms with E-state index >= 15 is 0 Å². The molecular weight excluding hydrogens is 242 g/mol. The molecule has 0 spiro atoms. The van der Waals surface area contributed by atoms with E-state index < -0.39 is 0 Å². The minimum Gasteiger partial charge on any atom is -0.326 e. The first kappa shape index (κ1) is 16.1. The fraction of sp³-hybridized carbons (Fsp3) is 0.895. The van der Waals surface area contributed by atoms with Crippen LogP contribution in [0.4, 0.5) is 0 Å². The summed E-state index contributed by atoms with van der Waals surface area (Å²) in [6.07, 6.45) is 19.2. The molecule has 116 valence electrons. The number of hydrogen-bond acceptors (Lipinski definition) is 0. The molecule has 0 amide bonds. The van der Waals surface area contributed by atoms with Crippen LogP contribution in [-0.4, -0.2) is 31.2 Å². The van der Waals surface area contributed by atoms with Crippen molar-refractivity contribution in [3.8, 4) is 0 Å². The number of allylic oxidation sites excluding steroid dienone is 2. The molecule has 1 aliphatic heterocycles. The normalized spacial score (nSPS) is 32.5. The van der Waals surface area contributed by atoms with Crippen LogP contribution in [0, 0.1) is 11.8 Å². The minimum absolute atomic E-state index is 0.999. The van der Waals surface area contributed by atoms with Gasteiger partial charge in [0.25, 0.3) is 0 Å². The maximum Gasteiger partial charge on any atom is 0.0821 e. The molecule has 0 radical (unpaired) electrons. The third-order valence-corrected chi connectivity index (χ3v) is 5.61. The van der Waals surface area contributed by atoms with E-state index in [9.17, 15) is 0 Å². The van der Waals surface area contributed by atoms with E-state index in [1.165, 1.54) is 88.3 Å². The lowest BCUT2D eigenvalue weighted by molar-refractivity contribution is -0.900. The average Bonchev–Trinajstić information content (AvgIpc) is 2.78. The highest BCUT2D eigenvalue weighted by molar-refractivity contribution is 4.96. The average molecular weight is 279 g/mol. The zero-order chi connectivity index (χ0) is 14.3. The van der Waals surface area contributed by atoms with Gasteiger partial charge < -0.3 is 4.48 Å². The van der Waals surface area contributed by atoms with Crippen LogP contribution in [0.25, 0.3) is 0 Å². The lowest BCUT2D eigenvalue weighted by atomic mass is 9.86. The largest absolute Gasteiger partial charge is 0.326 e. The van der Waals surface area contributed by atoms with Crippen molar-refractivity contribution in [3.63, 3.8) is 0 Å². The van der Waals surface area contributed by atoms with Gasteiger partial charge in [-0.15, -0.1) is 0 Å². The van der Waals surface area contributed by atoms with Crippen molar-refractivity contribution in [3.05, 3.63) is 12.2 Å². The fourth-order valence-corrected chi connectivity index (χ4v) is 4.39. The smallest absolute Gasteiger partial charge is 0.0821 e. The first-order valence-corrected chi connectivity index (χ1v) is 9.22. The summed E-state index contributed by atoms with van der Waals surface area (Å²) in [4.78, 5) is 0. The van der Waals surface area contributed by atoms with Gasteiger partial charge in [0.1, 0.15) is 0 Å². The topological polar surface area (TPSA) is 0 Å². The molecule has 0 aromatic rings. The summed E-state index contributed by atoms with van der Waals surface area (Å²) in [7, 11) is 2.51. The molecule has 1 fully saturated rings. The highest BCUT2D eigenvalue weighted by Crippen LogP contribution is 2.36. The van der Waals surface area contributed by atoms with E-state index in [1.807, 2.05) is 0 Å². The van der Waals surface area contributed by atoms with Crippen molar-refractivity contribution >= 4 is 0 Å². The number of rotatable bonds is 9. The molecule has 1 heterocycles. The molecule has 1 heteroatoms. The number of fused-ring (bicyclic) bond motifs is 1. The third-order valence-electron chi connectivity index (χ3n) is 5.61. The van der Waals surface area contributed by atoms with Gasteiger partial charge in [0, 0.05) is 11.8 Å². The highest BCUT2D eigenvalue weighted by Gasteiger charge is 2.41. The molecule has 1 aliphatic carbocycles. The summed E-state index contributed by atoms with van der Waals surface area (Å²) in [6.45, 7) is 6.63. The summed E-state index contributed by atoms with van der Waals surface area (Å²) < 4.78 is 1.37. The Balaban J connectivity index is 1.53. The molecule has 2 aliphatic rings. The van der Waals surface area contributed by atoms with Gasteiger partial charge >= 0.3 is 0 Å². The zero-order valence-electron chi connectivity index (χ0n) is 13.9. The molecule has 0 aromatic carbocycles. The molecule has 2 atom stereocenters. The van der Waals surface area contributed by atoms with Crippen molar-refractivity contribution in [2.45, 2.75) is 71.1 Å². The summed E-state index contributed by atoms with van der Waals surface area (Å²) in [5.74, 6) is 2.00. The first-order chi connectivity index (χ1) is 9.73. The van der Waals surface area contributed by atoms with Crippen LogP contribution in [0.5, 0.6) is 0 Å². The van der Waals surface area contributed by atoms with E-state index in [2.05, 4.69) is 26.1 Å². The van der Waals surface area contributed by atoms with Crippen molar-refractivity contribution in [1.29, 1.82) is 0 Å². The summed E-state index contributed by atoms with van der Waals surface area (Å²) >= 11 is 0. The summed E-state index contributed by atoms with van der Waals surface area (Å²) in [5.41, 5.74) is 0. The number of quaternary nitrogens is 1. The lowest BCUT2D eigenvalue weighted by Crippen LogP contribution is -2.42. The first-order valence-electron chi connectivity index (χ1n) is 9.22. The van der Waals surface area contributed by atoms with Crippen LogP contribution >= 0.6 is 0 Å². The molecule has 0 bridgehead atoms. The van der Waals surface area contributed by atoms with E-state index in [0.717, 1.165) is 11.8 Å². The molecule has 2 rings (SSSR count). The van der Waals surface area contributed by atoms with E-state index in [0.29, 0.717) is 0 Å². The molecular formula is C19H36N+. The van der Waals surface area contributed by atoms with Gasteiger partial charge in [-0.1, -0.05) is 57.6 Å². The SMILES string of the molecule is CCCCCCCCCC[N+]1(C)CC2CC=CCC2C1. The van der Waals surface area contributed by atoms with Crippen LogP contribution in [0.2, 0.25) is 0 Å². The lowest BCUT2D eigenvalue weighted by Gasteiger charge is -2.30. The second-order valence-corrected chi connectivity index (χ2v) is 7.65. The number of hydrogen-bond donors (Lipinski definition) is 0. The van der Waals surface area contributed by atoms with E-state index in [4.69, 9.17) is 0 Å². The molecule has 1 nitrogen and oxygen atoms in total. The Bertz CT molecular complexity index is 278. The van der Waals surface area contributed by atoms with E-state index in [-0.39, 0.29) is 0 Å². The third kappa shape index (κ3) is 4.91. The maximum atomic E-state index is 2.51. The maximum absolute atomic E-state index is 2.51. The van der Waals surface area contributed by atoms with Crippen molar-refractivity contribution < 1.29 is 4.48 Å². The predicted octanol–water partition coefficient (Wildman–Crippen LogP) is 5.17. The quantitative estimate of drug-likeness (QED) is 0.310. The van der Waals surface area contributed by atoms with Crippen molar-refractivity contribution in [2.75, 3.05) is 26.7 Å². The van der Waals surface area contributed by atoms with Crippen LogP contribution in [0.3, 0.4) is 0 Å². The van der Waals surface area contributed by atoms with Crippen LogP contribution < -0.4 is 0 Å². The minimum atomic E-state index is 0.999. The molecule has 0 N–H and O–H groups in total. The molecule has 0 aromatic heterocycles. The Morgan fingerprint density at radius 1 is 0.800 bits per heavy atom. The highest BCUT2D eigenvalue weighted by atomic mass is 15.3. The standard InChI is InChI=1S/C19H36N/c1-3-4-5-6-7-8-9-12-15-20(2)16-18-13-10-11-14-19(18)17-20/h10-11,18-19H,3-9,12-17H2,1-2H3/q+1. The summed E-state index contributed by atoms with van der Waals surface area (Å²) in [6, 6.07) is 0. The zero-order valence-corrected chi connectivity index (χ0v) is 13.9. The second-order valence-electron chi connectivity index (χ2n) is 7.65. The van der Waals surface area contributed by atoms with Gasteiger partial charge in [0.2, 0.25) is 0 Å². The number of nitrogens with zero attached hydrogens (tertiary/aromatic N) is 1. The van der Waals surface area contributed by atoms with Crippen LogP contribution in [-0.2, 0) is 0 Å². The monoisotopic (exact) mass is 278 g/mol. The summed E-state index contributed by atoms with van der Waals surface area (Å²) in [5, 5.41) is 0. The molecule has 0 saturated carbocycles. The van der Waals surface area contributed by atoms with Gasteiger partial charge in [-0.2, -0.15) is 0 Å². The van der Waals surface area contributed by atoms with Gasteiger partial charge in [-0.3, -0.25) is 0 Å². The number of unbranched alkanes of at least 4 members (excludes halogenated alkanes) is 7. The second kappa shape index (κ2) is 8.22. The Morgan fingerprint density at radius 3 is 1.85 bits per heavy atom. The van der Waals surface area contributed by atoms with Gasteiger partial charge in [0.15, 0.2) is 0 Å². The molecule has 20 heavy (non-hydrogen) atoms. The van der Waals surface area contributed by atoms with Gasteiger partial charge in [-0.25, -0.2) is 0 Å². The van der Waals surface area contributed by atoms with Crippen LogP contribution in [0.15, 0.2) is 12.2 Å². The Hall–Kier alpha value is -0.300. The number of likely N-dealkylation sites (tertiary alicyclic amines) is 1. The van der Waals surface area contributed by atoms with Crippen LogP contribution in [0.1, 0.15) is 71.1 Å². The van der Waals surface area contributed by atoms with Crippen molar-refractivity contribution in [1.82, 2.24) is 0 Å². The Morgan fingerprint density at radius 2 is 1.30 bits per heavy atom.